The fraction of sp³-hybridized carbons (Fsp3) is 0.370. The largest absolute Gasteiger partial charge is 0.383 e. The molecule has 1 aliphatic heterocycles. The molecule has 1 saturated heterocycles. The summed E-state index contributed by atoms with van der Waals surface area (Å²) in [5.41, 5.74) is 6.40. The lowest BCUT2D eigenvalue weighted by Gasteiger charge is -2.28. The van der Waals surface area contributed by atoms with Crippen LogP contribution in [0.1, 0.15) is 46.7 Å². The zero-order chi connectivity index (χ0) is 24.9. The van der Waals surface area contributed by atoms with Crippen LogP contribution in [0.5, 0.6) is 0 Å². The number of hydrogen-bond donors (Lipinski definition) is 2. The zero-order valence-electron chi connectivity index (χ0n) is 20.7. The number of rotatable bonds is 9. The van der Waals surface area contributed by atoms with Crippen molar-refractivity contribution in [3.63, 3.8) is 0 Å². The molecule has 0 bridgehead atoms. The predicted octanol–water partition coefficient (Wildman–Crippen LogP) is 4.46. The third-order valence-electron chi connectivity index (χ3n) is 6.56. The SMILES string of the molecule is COCCn1c(C)cc([C@@H]2[C@@H](c3ccccn3)NC(=S)N2CCC(=O)Nc2ccc(C)cc2)c1C. The van der Waals surface area contributed by atoms with Crippen LogP contribution < -0.4 is 10.6 Å². The van der Waals surface area contributed by atoms with Gasteiger partial charge < -0.3 is 24.8 Å². The predicted molar refractivity (Wildman–Crippen MR) is 142 cm³/mol. The number of benzene rings is 1. The average molecular weight is 492 g/mol. The minimum atomic E-state index is -0.111. The van der Waals surface area contributed by atoms with Gasteiger partial charge in [0.1, 0.15) is 0 Å². The van der Waals surface area contributed by atoms with Crippen LogP contribution in [0.2, 0.25) is 0 Å². The number of carbonyl (C=O) groups excluding carboxylic acids is 1. The third kappa shape index (κ3) is 5.55. The molecule has 3 heterocycles. The maximum atomic E-state index is 12.8. The standard InChI is InChI=1S/C27H33N5O2S/c1-18-8-10-21(11-9-18)29-24(33)12-14-32-26(22-17-19(2)31(20(22)3)15-16-34-4)25(30-27(32)35)23-7-5-6-13-28-23/h5-11,13,17,25-26H,12,14-16H2,1-4H3,(H,29,33)(H,30,35)/t25-,26-/m1/s1. The normalized spacial score (nSPS) is 17.5. The second-order valence-corrected chi connectivity index (χ2v) is 9.34. The summed E-state index contributed by atoms with van der Waals surface area (Å²) >= 11 is 5.77. The van der Waals surface area contributed by atoms with Crippen molar-refractivity contribution in [2.24, 2.45) is 0 Å². The molecule has 3 aromatic rings. The highest BCUT2D eigenvalue weighted by atomic mass is 32.1. The van der Waals surface area contributed by atoms with Crippen LogP contribution >= 0.6 is 12.2 Å². The lowest BCUT2D eigenvalue weighted by molar-refractivity contribution is -0.116. The Morgan fingerprint density at radius 3 is 2.60 bits per heavy atom. The fourth-order valence-electron chi connectivity index (χ4n) is 4.72. The molecule has 0 radical (unpaired) electrons. The number of ether oxygens (including phenoxy) is 1. The third-order valence-corrected chi connectivity index (χ3v) is 6.92. The van der Waals surface area contributed by atoms with Gasteiger partial charge in [0.15, 0.2) is 5.11 Å². The molecular weight excluding hydrogens is 458 g/mol. The number of nitrogens with zero attached hydrogens (tertiary/aromatic N) is 3. The van der Waals surface area contributed by atoms with Gasteiger partial charge >= 0.3 is 0 Å². The van der Waals surface area contributed by atoms with Gasteiger partial charge in [0.05, 0.1) is 24.4 Å². The first-order chi connectivity index (χ1) is 16.9. The highest BCUT2D eigenvalue weighted by molar-refractivity contribution is 7.80. The van der Waals surface area contributed by atoms with Gasteiger partial charge in [-0.3, -0.25) is 9.78 Å². The van der Waals surface area contributed by atoms with Crippen molar-refractivity contribution in [1.29, 1.82) is 0 Å². The van der Waals surface area contributed by atoms with Crippen LogP contribution in [0.4, 0.5) is 5.69 Å². The van der Waals surface area contributed by atoms with E-state index in [2.05, 4.69) is 45.0 Å². The lowest BCUT2D eigenvalue weighted by Crippen LogP contribution is -2.33. The minimum absolute atomic E-state index is 0.0396. The van der Waals surface area contributed by atoms with Gasteiger partial charge in [0, 0.05) is 49.9 Å². The monoisotopic (exact) mass is 491 g/mol. The molecular formula is C27H33N5O2S. The molecule has 1 aromatic carbocycles. The summed E-state index contributed by atoms with van der Waals surface area (Å²) in [6.45, 7) is 8.20. The van der Waals surface area contributed by atoms with Gasteiger partial charge in [0.2, 0.25) is 5.91 Å². The number of amides is 1. The summed E-state index contributed by atoms with van der Waals surface area (Å²) in [5.74, 6) is -0.0396. The number of thiocarbonyl (C=S) groups is 1. The molecule has 0 unspecified atom stereocenters. The maximum absolute atomic E-state index is 12.8. The van der Waals surface area contributed by atoms with Gasteiger partial charge in [0.25, 0.3) is 0 Å². The van der Waals surface area contributed by atoms with Crippen LogP contribution in [-0.4, -0.2) is 45.7 Å². The molecule has 7 nitrogen and oxygen atoms in total. The van der Waals surface area contributed by atoms with E-state index in [1.54, 1.807) is 13.3 Å². The van der Waals surface area contributed by atoms with Crippen LogP contribution in [0.25, 0.3) is 0 Å². The molecule has 0 saturated carbocycles. The van der Waals surface area contributed by atoms with Crippen molar-refractivity contribution in [2.45, 2.75) is 45.8 Å². The van der Waals surface area contributed by atoms with E-state index in [0.717, 1.165) is 23.5 Å². The average Bonchev–Trinajstić information content (AvgIpc) is 3.33. The number of aryl methyl sites for hydroxylation is 2. The Bertz CT molecular complexity index is 1180. The molecule has 184 valence electrons. The molecule has 2 N–H and O–H groups in total. The highest BCUT2D eigenvalue weighted by Crippen LogP contribution is 2.40. The van der Waals surface area contributed by atoms with Gasteiger partial charge in [-0.15, -0.1) is 0 Å². The highest BCUT2D eigenvalue weighted by Gasteiger charge is 2.41. The second kappa shape index (κ2) is 11.0. The Balaban J connectivity index is 1.59. The van der Waals surface area contributed by atoms with Crippen molar-refractivity contribution in [3.05, 3.63) is 82.9 Å². The van der Waals surface area contributed by atoms with Gasteiger partial charge in [-0.25, -0.2) is 0 Å². The lowest BCUT2D eigenvalue weighted by atomic mass is 9.96. The molecule has 2 aromatic heterocycles. The topological polar surface area (TPSA) is 71.4 Å². The molecule has 1 aliphatic rings. The van der Waals surface area contributed by atoms with E-state index in [-0.39, 0.29) is 18.0 Å². The maximum Gasteiger partial charge on any atom is 0.226 e. The molecule has 0 aliphatic carbocycles. The molecule has 8 heteroatoms. The van der Waals surface area contributed by atoms with Crippen molar-refractivity contribution >= 4 is 28.9 Å². The van der Waals surface area contributed by atoms with Crippen molar-refractivity contribution in [1.82, 2.24) is 19.8 Å². The Labute approximate surface area is 212 Å². The molecule has 1 amide bonds. The first-order valence-corrected chi connectivity index (χ1v) is 12.3. The molecule has 4 rings (SSSR count). The molecule has 35 heavy (non-hydrogen) atoms. The van der Waals surface area contributed by atoms with Crippen LogP contribution in [0, 0.1) is 20.8 Å². The number of anilines is 1. The van der Waals surface area contributed by atoms with Gasteiger partial charge in [-0.2, -0.15) is 0 Å². The summed E-state index contributed by atoms with van der Waals surface area (Å²) in [4.78, 5) is 19.5. The summed E-state index contributed by atoms with van der Waals surface area (Å²) in [6, 6.07) is 15.8. The molecule has 2 atom stereocenters. The van der Waals surface area contributed by atoms with Gasteiger partial charge in [-0.05, 0) is 68.9 Å². The van der Waals surface area contributed by atoms with Crippen LogP contribution in [0.3, 0.4) is 0 Å². The number of hydrogen-bond acceptors (Lipinski definition) is 4. The van der Waals surface area contributed by atoms with Gasteiger partial charge in [-0.1, -0.05) is 23.8 Å². The summed E-state index contributed by atoms with van der Waals surface area (Å²) in [7, 11) is 1.72. The fourth-order valence-corrected chi connectivity index (χ4v) is 5.05. The first kappa shape index (κ1) is 24.9. The van der Waals surface area contributed by atoms with Crippen LogP contribution in [-0.2, 0) is 16.1 Å². The summed E-state index contributed by atoms with van der Waals surface area (Å²) < 4.78 is 7.60. The smallest absolute Gasteiger partial charge is 0.226 e. The number of pyridine rings is 1. The van der Waals surface area contributed by atoms with Crippen molar-refractivity contribution < 1.29 is 9.53 Å². The number of carbonyl (C=O) groups is 1. The minimum Gasteiger partial charge on any atom is -0.383 e. The van der Waals surface area contributed by atoms with E-state index in [4.69, 9.17) is 17.0 Å². The quantitative estimate of drug-likeness (QED) is 0.431. The number of nitrogens with one attached hydrogen (secondary N) is 2. The summed E-state index contributed by atoms with van der Waals surface area (Å²) in [5, 5.41) is 7.11. The zero-order valence-corrected chi connectivity index (χ0v) is 21.6. The van der Waals surface area contributed by atoms with E-state index in [0.29, 0.717) is 24.7 Å². The number of aromatic nitrogens is 2. The Morgan fingerprint density at radius 1 is 1.14 bits per heavy atom. The second-order valence-electron chi connectivity index (χ2n) is 8.96. The van der Waals surface area contributed by atoms with E-state index >= 15 is 0 Å². The van der Waals surface area contributed by atoms with Crippen molar-refractivity contribution in [2.75, 3.05) is 25.6 Å². The van der Waals surface area contributed by atoms with Crippen molar-refractivity contribution in [3.8, 4) is 0 Å². The van der Waals surface area contributed by atoms with Crippen LogP contribution in [0.15, 0.2) is 54.7 Å². The summed E-state index contributed by atoms with van der Waals surface area (Å²) in [6.07, 6.45) is 2.13. The molecule has 1 fully saturated rings. The Kier molecular flexibility index (Phi) is 7.83. The number of methoxy groups -OCH3 is 1. The van der Waals surface area contributed by atoms with E-state index < -0.39 is 0 Å². The Hall–Kier alpha value is -3.23. The Morgan fingerprint density at radius 2 is 1.91 bits per heavy atom. The first-order valence-electron chi connectivity index (χ1n) is 11.9. The van der Waals surface area contributed by atoms with E-state index in [9.17, 15) is 4.79 Å². The molecule has 0 spiro atoms. The van der Waals surface area contributed by atoms with E-state index in [1.807, 2.05) is 49.4 Å². The van der Waals surface area contributed by atoms with E-state index in [1.165, 1.54) is 17.0 Å².